The van der Waals surface area contributed by atoms with E-state index in [2.05, 4.69) is 10.2 Å². The number of aryl methyl sites for hydroxylation is 2. The zero-order valence-electron chi connectivity index (χ0n) is 13.2. The highest BCUT2D eigenvalue weighted by Crippen LogP contribution is 2.21. The van der Waals surface area contributed by atoms with Crippen LogP contribution in [0.4, 0.5) is 0 Å². The van der Waals surface area contributed by atoms with Gasteiger partial charge in [-0.15, -0.1) is 10.2 Å². The van der Waals surface area contributed by atoms with E-state index in [0.717, 1.165) is 5.56 Å². The molecule has 0 spiro atoms. The molecule has 2 aromatic rings. The van der Waals surface area contributed by atoms with E-state index in [9.17, 15) is 4.79 Å². The van der Waals surface area contributed by atoms with Crippen molar-refractivity contribution in [1.82, 2.24) is 15.1 Å². The first-order chi connectivity index (χ1) is 11.1. The Morgan fingerprint density at radius 2 is 2.26 bits per heavy atom. The first kappa shape index (κ1) is 15.5. The van der Waals surface area contributed by atoms with E-state index in [4.69, 9.17) is 13.9 Å². The number of ether oxygens (including phenoxy) is 2. The quantitative estimate of drug-likeness (QED) is 0.853. The summed E-state index contributed by atoms with van der Waals surface area (Å²) in [6.07, 6.45) is -0.382. The van der Waals surface area contributed by atoms with E-state index in [-0.39, 0.29) is 18.6 Å². The van der Waals surface area contributed by atoms with E-state index in [1.54, 1.807) is 11.8 Å². The minimum Gasteiger partial charge on any atom is -0.484 e. The topological polar surface area (TPSA) is 77.7 Å². The molecule has 0 unspecified atom stereocenters. The maximum absolute atomic E-state index is 12.3. The lowest BCUT2D eigenvalue weighted by Gasteiger charge is -2.31. The number of hydrogen-bond acceptors (Lipinski definition) is 6. The fourth-order valence-electron chi connectivity index (χ4n) is 2.41. The fourth-order valence-corrected chi connectivity index (χ4v) is 2.41. The van der Waals surface area contributed by atoms with Crippen molar-refractivity contribution in [3.05, 3.63) is 41.6 Å². The van der Waals surface area contributed by atoms with Gasteiger partial charge in [-0.2, -0.15) is 0 Å². The average Bonchev–Trinajstić information content (AvgIpc) is 2.99. The van der Waals surface area contributed by atoms with Crippen LogP contribution >= 0.6 is 0 Å². The van der Waals surface area contributed by atoms with Crippen molar-refractivity contribution in [2.75, 3.05) is 26.3 Å². The standard InChI is InChI=1S/C16H19N3O4/c1-11-4-3-5-13(8-11)22-10-15(20)19-6-7-21-14(9-19)16-18-17-12(2)23-16/h3-5,8,14H,6-7,9-10H2,1-2H3/t14-/m0/s1. The first-order valence-corrected chi connectivity index (χ1v) is 7.50. The predicted molar refractivity (Wildman–Crippen MR) is 81.0 cm³/mol. The Balaban J connectivity index is 1.56. The number of morpholine rings is 1. The van der Waals surface area contributed by atoms with Crippen molar-refractivity contribution in [1.29, 1.82) is 0 Å². The van der Waals surface area contributed by atoms with Gasteiger partial charge in [0, 0.05) is 13.5 Å². The Morgan fingerprint density at radius 1 is 1.39 bits per heavy atom. The van der Waals surface area contributed by atoms with Crippen molar-refractivity contribution >= 4 is 5.91 Å². The van der Waals surface area contributed by atoms with Gasteiger partial charge in [0.05, 0.1) is 13.2 Å². The molecular formula is C16H19N3O4. The van der Waals surface area contributed by atoms with Crippen molar-refractivity contribution in [3.8, 4) is 5.75 Å². The second-order valence-electron chi connectivity index (χ2n) is 5.46. The molecule has 1 fully saturated rings. The van der Waals surface area contributed by atoms with Crippen molar-refractivity contribution in [2.45, 2.75) is 20.0 Å². The molecule has 0 bridgehead atoms. The highest BCUT2D eigenvalue weighted by atomic mass is 16.5. The molecule has 1 aliphatic rings. The minimum absolute atomic E-state index is 0.000958. The molecule has 7 nitrogen and oxygen atoms in total. The Bertz CT molecular complexity index is 685. The summed E-state index contributed by atoms with van der Waals surface area (Å²) in [7, 11) is 0. The lowest BCUT2D eigenvalue weighted by Crippen LogP contribution is -2.44. The van der Waals surface area contributed by atoms with Crippen LogP contribution in [-0.4, -0.2) is 47.3 Å². The third kappa shape index (κ3) is 3.87. The van der Waals surface area contributed by atoms with E-state index in [1.807, 2.05) is 31.2 Å². The SMILES string of the molecule is Cc1cccc(OCC(=O)N2CCO[C@H](c3nnc(C)o3)C2)c1. The van der Waals surface area contributed by atoms with Crippen LogP contribution in [0, 0.1) is 13.8 Å². The molecule has 0 aliphatic carbocycles. The Labute approximate surface area is 134 Å². The molecule has 3 rings (SSSR count). The van der Waals surface area contributed by atoms with Gasteiger partial charge in [-0.3, -0.25) is 4.79 Å². The Hall–Kier alpha value is -2.41. The number of benzene rings is 1. The van der Waals surface area contributed by atoms with Crippen LogP contribution in [-0.2, 0) is 9.53 Å². The van der Waals surface area contributed by atoms with E-state index in [1.165, 1.54) is 0 Å². The molecule has 1 atom stereocenters. The number of amides is 1. The molecule has 122 valence electrons. The summed E-state index contributed by atoms with van der Waals surface area (Å²) in [6.45, 7) is 5.05. The van der Waals surface area contributed by atoms with Crippen LogP contribution < -0.4 is 4.74 Å². The summed E-state index contributed by atoms with van der Waals surface area (Å²) < 4.78 is 16.5. The van der Waals surface area contributed by atoms with E-state index >= 15 is 0 Å². The van der Waals surface area contributed by atoms with Crippen LogP contribution in [0.5, 0.6) is 5.75 Å². The number of carbonyl (C=O) groups is 1. The summed E-state index contributed by atoms with van der Waals surface area (Å²) in [5.74, 6) is 1.49. The highest BCUT2D eigenvalue weighted by molar-refractivity contribution is 5.77. The molecule has 1 aromatic carbocycles. The molecule has 7 heteroatoms. The van der Waals surface area contributed by atoms with Crippen LogP contribution in [0.3, 0.4) is 0 Å². The molecule has 2 heterocycles. The third-order valence-electron chi connectivity index (χ3n) is 3.59. The lowest BCUT2D eigenvalue weighted by atomic mass is 10.2. The summed E-state index contributed by atoms with van der Waals surface area (Å²) in [5.41, 5.74) is 1.09. The molecule has 1 amide bonds. The van der Waals surface area contributed by atoms with Gasteiger partial charge in [0.2, 0.25) is 11.8 Å². The molecule has 0 N–H and O–H groups in total. The van der Waals surface area contributed by atoms with Gasteiger partial charge < -0.3 is 18.8 Å². The smallest absolute Gasteiger partial charge is 0.260 e. The van der Waals surface area contributed by atoms with Crippen molar-refractivity contribution in [3.63, 3.8) is 0 Å². The number of hydrogen-bond donors (Lipinski definition) is 0. The molecule has 0 radical (unpaired) electrons. The van der Waals surface area contributed by atoms with Crippen LogP contribution in [0.2, 0.25) is 0 Å². The van der Waals surface area contributed by atoms with Crippen LogP contribution in [0.15, 0.2) is 28.7 Å². The average molecular weight is 317 g/mol. The van der Waals surface area contributed by atoms with Crippen molar-refractivity contribution < 1.29 is 18.7 Å². The van der Waals surface area contributed by atoms with Gasteiger partial charge in [0.25, 0.3) is 5.91 Å². The van der Waals surface area contributed by atoms with Gasteiger partial charge in [0.1, 0.15) is 5.75 Å². The number of nitrogens with zero attached hydrogens (tertiary/aromatic N) is 3. The second-order valence-corrected chi connectivity index (χ2v) is 5.46. The van der Waals surface area contributed by atoms with Gasteiger partial charge in [-0.1, -0.05) is 12.1 Å². The highest BCUT2D eigenvalue weighted by Gasteiger charge is 2.29. The molecule has 1 saturated heterocycles. The predicted octanol–water partition coefficient (Wildman–Crippen LogP) is 1.67. The molecule has 0 saturated carbocycles. The summed E-state index contributed by atoms with van der Waals surface area (Å²) >= 11 is 0. The molecule has 23 heavy (non-hydrogen) atoms. The minimum atomic E-state index is -0.382. The van der Waals surface area contributed by atoms with E-state index < -0.39 is 0 Å². The first-order valence-electron chi connectivity index (χ1n) is 7.50. The summed E-state index contributed by atoms with van der Waals surface area (Å²) in [4.78, 5) is 14.0. The summed E-state index contributed by atoms with van der Waals surface area (Å²) in [5, 5.41) is 7.75. The number of aromatic nitrogens is 2. The van der Waals surface area contributed by atoms with E-state index in [0.29, 0.717) is 37.2 Å². The van der Waals surface area contributed by atoms with Gasteiger partial charge in [-0.25, -0.2) is 0 Å². The zero-order chi connectivity index (χ0) is 16.2. The lowest BCUT2D eigenvalue weighted by molar-refractivity contribution is -0.142. The molecule has 1 aliphatic heterocycles. The largest absolute Gasteiger partial charge is 0.484 e. The number of carbonyl (C=O) groups excluding carboxylic acids is 1. The Kier molecular flexibility index (Phi) is 4.57. The Morgan fingerprint density at radius 3 is 3.00 bits per heavy atom. The maximum atomic E-state index is 12.3. The third-order valence-corrected chi connectivity index (χ3v) is 3.59. The zero-order valence-corrected chi connectivity index (χ0v) is 13.2. The molecular weight excluding hydrogens is 298 g/mol. The van der Waals surface area contributed by atoms with Crippen molar-refractivity contribution in [2.24, 2.45) is 0 Å². The molecule has 1 aromatic heterocycles. The van der Waals surface area contributed by atoms with Gasteiger partial charge in [-0.05, 0) is 24.6 Å². The van der Waals surface area contributed by atoms with Gasteiger partial charge >= 0.3 is 0 Å². The second kappa shape index (κ2) is 6.78. The monoisotopic (exact) mass is 317 g/mol. The maximum Gasteiger partial charge on any atom is 0.260 e. The fraction of sp³-hybridized carbons (Fsp3) is 0.438. The van der Waals surface area contributed by atoms with Gasteiger partial charge in [0.15, 0.2) is 12.7 Å². The van der Waals surface area contributed by atoms with Crippen LogP contribution in [0.1, 0.15) is 23.4 Å². The number of rotatable bonds is 4. The van der Waals surface area contributed by atoms with Crippen LogP contribution in [0.25, 0.3) is 0 Å². The summed E-state index contributed by atoms with van der Waals surface area (Å²) in [6, 6.07) is 7.62. The normalized spacial score (nSPS) is 18.0.